The highest BCUT2D eigenvalue weighted by Crippen LogP contribution is 2.12. The van der Waals surface area contributed by atoms with Crippen LogP contribution in [0, 0.1) is 53.3 Å². The maximum atomic E-state index is 3.64. The summed E-state index contributed by atoms with van der Waals surface area (Å²) in [7, 11) is 0. The maximum absolute atomic E-state index is 3.64. The van der Waals surface area contributed by atoms with E-state index in [1.807, 2.05) is 0 Å². The van der Waals surface area contributed by atoms with Gasteiger partial charge in [0.25, 0.3) is 6.71 Å². The van der Waals surface area contributed by atoms with Crippen LogP contribution in [0.4, 0.5) is 0 Å². The fourth-order valence-electron chi connectivity index (χ4n) is 3.91. The highest BCUT2D eigenvalue weighted by Gasteiger charge is 2.25. The minimum atomic E-state index is 0.162. The number of alkyl halides is 1. The van der Waals surface area contributed by atoms with Crippen molar-refractivity contribution in [3.63, 3.8) is 0 Å². The molecule has 0 radical (unpaired) electrons. The summed E-state index contributed by atoms with van der Waals surface area (Å²) in [6.07, 6.45) is 2.14. The molecule has 0 nitrogen and oxygen atoms in total. The molecule has 0 unspecified atom stereocenters. The lowest BCUT2D eigenvalue weighted by atomic mass is 9.38. The Morgan fingerprint density at radius 2 is 1.16 bits per heavy atom. The van der Waals surface area contributed by atoms with Gasteiger partial charge in [0.05, 0.1) is 0 Å². The van der Waals surface area contributed by atoms with E-state index in [2.05, 4.69) is 100 Å². The summed E-state index contributed by atoms with van der Waals surface area (Å²) in [6, 6.07) is 9.17. The number of unbranched alkanes of at least 4 members (excludes halogenated alkanes) is 1. The van der Waals surface area contributed by atoms with Crippen LogP contribution in [-0.4, -0.2) is 11.1 Å². The lowest BCUT2D eigenvalue weighted by molar-refractivity contribution is 1.01. The van der Waals surface area contributed by atoms with Gasteiger partial charge in [-0.25, -0.2) is 0 Å². The zero-order chi connectivity index (χ0) is 18.6. The van der Waals surface area contributed by atoms with E-state index in [0.29, 0.717) is 0 Å². The molecule has 25 heavy (non-hydrogen) atoms. The summed E-state index contributed by atoms with van der Waals surface area (Å²) in [5, 5.41) is 0. The molecule has 0 fully saturated rings. The van der Waals surface area contributed by atoms with E-state index in [-0.39, 0.29) is 6.71 Å². The van der Waals surface area contributed by atoms with Crippen LogP contribution in [0.5, 0.6) is 0 Å². The molecule has 0 aliphatic rings. The molecule has 2 aromatic rings. The highest BCUT2D eigenvalue weighted by molar-refractivity contribution is 14.1. The first-order chi connectivity index (χ1) is 11.8. The fraction of sp³-hybridized carbons (Fsp3) is 0.391. The molecule has 0 aliphatic carbocycles. The van der Waals surface area contributed by atoms with Gasteiger partial charge in [0.1, 0.15) is 0 Å². The van der Waals surface area contributed by atoms with E-state index >= 15 is 0 Å². The van der Waals surface area contributed by atoms with Crippen molar-refractivity contribution in [1.29, 1.82) is 0 Å². The number of benzene rings is 2. The molecule has 2 aromatic carbocycles. The van der Waals surface area contributed by atoms with Gasteiger partial charge in [-0.15, -0.1) is 11.7 Å². The lowest BCUT2D eigenvalue weighted by Gasteiger charge is -2.20. The fourth-order valence-corrected chi connectivity index (χ4v) is 4.29. The number of halogens is 1. The van der Waals surface area contributed by atoms with Crippen molar-refractivity contribution in [2.45, 2.75) is 54.4 Å². The molecule has 0 saturated heterocycles. The number of hydrogen-bond acceptors (Lipinski definition) is 0. The Hall–Kier alpha value is -1.21. The third kappa shape index (κ3) is 4.91. The van der Waals surface area contributed by atoms with Crippen molar-refractivity contribution in [3.05, 3.63) is 57.6 Å². The van der Waals surface area contributed by atoms with Crippen molar-refractivity contribution in [2.75, 3.05) is 4.43 Å². The monoisotopic (exact) mass is 442 g/mol. The molecule has 2 heteroatoms. The normalized spacial score (nSPS) is 10.4. The number of aryl methyl sites for hydroxylation is 6. The molecule has 130 valence electrons. The third-order valence-electron chi connectivity index (χ3n) is 4.74. The van der Waals surface area contributed by atoms with E-state index in [4.69, 9.17) is 0 Å². The average molecular weight is 442 g/mol. The Kier molecular flexibility index (Phi) is 7.19. The number of rotatable bonds is 4. The topological polar surface area (TPSA) is 0 Å². The first-order valence-corrected chi connectivity index (χ1v) is 10.6. The van der Waals surface area contributed by atoms with Gasteiger partial charge in [-0.05, 0) is 48.0 Å². The minimum absolute atomic E-state index is 0.162. The molecular formula is C23H28BI. The van der Waals surface area contributed by atoms with Crippen molar-refractivity contribution in [1.82, 2.24) is 0 Å². The van der Waals surface area contributed by atoms with Crippen molar-refractivity contribution >= 4 is 40.2 Å². The van der Waals surface area contributed by atoms with Gasteiger partial charge >= 0.3 is 0 Å². The molecule has 0 atom stereocenters. The molecular weight excluding hydrogens is 414 g/mol. The van der Waals surface area contributed by atoms with Crippen molar-refractivity contribution in [3.8, 4) is 11.7 Å². The van der Waals surface area contributed by atoms with Crippen LogP contribution in [0.2, 0.25) is 0 Å². The van der Waals surface area contributed by atoms with Gasteiger partial charge in [0.2, 0.25) is 0 Å². The molecule has 0 aliphatic heterocycles. The quantitative estimate of drug-likeness (QED) is 0.208. The van der Waals surface area contributed by atoms with E-state index < -0.39 is 0 Å². The molecule has 0 amide bonds. The highest BCUT2D eigenvalue weighted by atomic mass is 127. The number of hydrogen-bond donors (Lipinski definition) is 0. The largest absolute Gasteiger partial charge is 0.297 e. The van der Waals surface area contributed by atoms with Crippen LogP contribution in [0.15, 0.2) is 24.3 Å². The molecule has 0 spiro atoms. The Morgan fingerprint density at radius 3 is 1.52 bits per heavy atom. The molecule has 0 heterocycles. The minimum Gasteiger partial charge on any atom is -0.142 e. The predicted octanol–water partition coefficient (Wildman–Crippen LogP) is 4.90. The summed E-state index contributed by atoms with van der Waals surface area (Å²) in [5.74, 6) is 7.10. The van der Waals surface area contributed by atoms with Crippen LogP contribution in [0.1, 0.15) is 46.2 Å². The summed E-state index contributed by atoms with van der Waals surface area (Å²) in [5.41, 5.74) is 10.8. The Bertz CT molecular complexity index is 720. The standard InChI is InChI=1S/C23H28BI/c1-16-12-18(3)22(19(4)13-16)24(10-8-7-9-11-25)23-20(5)14-17(2)15-21(23)6/h12-15H,7,9,11H2,1-6H3. The van der Waals surface area contributed by atoms with Crippen LogP contribution in [-0.2, 0) is 0 Å². The van der Waals surface area contributed by atoms with Crippen LogP contribution in [0.25, 0.3) is 0 Å². The van der Waals surface area contributed by atoms with Gasteiger partial charge in [-0.1, -0.05) is 91.2 Å². The first-order valence-electron chi connectivity index (χ1n) is 9.05. The molecule has 0 N–H and O–H groups in total. The summed E-state index contributed by atoms with van der Waals surface area (Å²) in [4.78, 5) is 0. The molecule has 0 bridgehead atoms. The van der Waals surface area contributed by atoms with Gasteiger partial charge < -0.3 is 0 Å². The van der Waals surface area contributed by atoms with E-state index in [1.54, 1.807) is 0 Å². The van der Waals surface area contributed by atoms with E-state index in [0.717, 1.165) is 12.8 Å². The Labute approximate surface area is 168 Å². The second-order valence-electron chi connectivity index (χ2n) is 7.17. The van der Waals surface area contributed by atoms with E-state index in [9.17, 15) is 0 Å². The van der Waals surface area contributed by atoms with E-state index in [1.165, 1.54) is 48.7 Å². The maximum Gasteiger partial charge on any atom is 0.297 e. The average Bonchev–Trinajstić information content (AvgIpc) is 2.48. The predicted molar refractivity (Wildman–Crippen MR) is 122 cm³/mol. The zero-order valence-corrected chi connectivity index (χ0v) is 18.5. The van der Waals surface area contributed by atoms with Gasteiger partial charge in [-0.3, -0.25) is 0 Å². The van der Waals surface area contributed by atoms with Gasteiger partial charge in [-0.2, -0.15) is 0 Å². The second-order valence-corrected chi connectivity index (χ2v) is 8.25. The van der Waals surface area contributed by atoms with Crippen LogP contribution < -0.4 is 10.9 Å². The van der Waals surface area contributed by atoms with Crippen molar-refractivity contribution < 1.29 is 0 Å². The summed E-state index contributed by atoms with van der Waals surface area (Å²) >= 11 is 2.43. The lowest BCUT2D eigenvalue weighted by Crippen LogP contribution is -2.46. The molecule has 2 rings (SSSR count). The zero-order valence-electron chi connectivity index (χ0n) is 16.4. The first kappa shape index (κ1) is 20.1. The van der Waals surface area contributed by atoms with Crippen molar-refractivity contribution in [2.24, 2.45) is 0 Å². The second kappa shape index (κ2) is 8.94. The SMILES string of the molecule is Cc1cc(C)c(B(C#CCCCI)c2c(C)cc(C)cc2C)c(C)c1. The Morgan fingerprint density at radius 1 is 0.760 bits per heavy atom. The molecule has 0 saturated carbocycles. The van der Waals surface area contributed by atoms with Crippen LogP contribution in [0.3, 0.4) is 0 Å². The summed E-state index contributed by atoms with van der Waals surface area (Å²) in [6.45, 7) is 13.4. The Balaban J connectivity index is 2.65. The smallest absolute Gasteiger partial charge is 0.142 e. The van der Waals surface area contributed by atoms with Crippen LogP contribution >= 0.6 is 22.6 Å². The van der Waals surface area contributed by atoms with Gasteiger partial charge in [0, 0.05) is 10.8 Å². The molecule has 0 aromatic heterocycles. The van der Waals surface area contributed by atoms with Gasteiger partial charge in [0.15, 0.2) is 0 Å². The third-order valence-corrected chi connectivity index (χ3v) is 5.50. The summed E-state index contributed by atoms with van der Waals surface area (Å²) < 4.78 is 1.17.